The van der Waals surface area contributed by atoms with Crippen LogP contribution in [0.1, 0.15) is 47.8 Å². The Morgan fingerprint density at radius 1 is 0.911 bits per heavy atom. The third-order valence-corrected chi connectivity index (χ3v) is 8.07. The maximum atomic E-state index is 11.6. The number of ether oxygens (including phenoxy) is 2. The van der Waals surface area contributed by atoms with E-state index in [2.05, 4.69) is 25.0 Å². The fraction of sp³-hybridized carbons (Fsp3) is 0.462. The van der Waals surface area contributed by atoms with Gasteiger partial charge in [0.2, 0.25) is 5.69 Å². The fourth-order valence-corrected chi connectivity index (χ4v) is 5.67. The maximum Gasteiger partial charge on any atom is 0.251 e. The van der Waals surface area contributed by atoms with Gasteiger partial charge in [-0.15, -0.1) is 0 Å². The van der Waals surface area contributed by atoms with Crippen molar-refractivity contribution in [2.75, 3.05) is 24.7 Å². The highest BCUT2D eigenvalue weighted by molar-refractivity contribution is 6.02. The van der Waals surface area contributed by atoms with Gasteiger partial charge in [0, 0.05) is 0 Å². The number of nitrogens with zero attached hydrogens (tertiary/aromatic N) is 7. The first-order valence-corrected chi connectivity index (χ1v) is 13.5. The Bertz CT molecular complexity index is 1800. The molecular weight excluding hydrogens is 596 g/mol. The molecule has 0 saturated carbocycles. The third-order valence-electron chi connectivity index (χ3n) is 8.07. The lowest BCUT2D eigenvalue weighted by molar-refractivity contribution is -0.0665. The number of rotatable bonds is 5. The average Bonchev–Trinajstić information content (AvgIpc) is 3.69. The molecule has 4 aromatic heterocycles. The van der Waals surface area contributed by atoms with Crippen molar-refractivity contribution in [2.24, 2.45) is 5.73 Å². The van der Waals surface area contributed by atoms with Gasteiger partial charge in [-0.2, -0.15) is 10.2 Å². The molecule has 0 spiro atoms. The van der Waals surface area contributed by atoms with Crippen LogP contribution in [0.5, 0.6) is 0 Å². The van der Waals surface area contributed by atoms with Crippen molar-refractivity contribution < 1.29 is 44.9 Å². The number of amides is 1. The smallest absolute Gasteiger partial charge is 0.251 e. The molecule has 240 valence electrons. The molecule has 1 amide bonds. The lowest BCUT2D eigenvalue weighted by Gasteiger charge is -2.26. The first kappa shape index (κ1) is 31.9. The van der Waals surface area contributed by atoms with E-state index >= 15 is 0 Å². The van der Waals surface area contributed by atoms with Crippen LogP contribution in [0.15, 0.2) is 24.8 Å². The van der Waals surface area contributed by atoms with Crippen LogP contribution in [0.25, 0.3) is 15.9 Å². The summed E-state index contributed by atoms with van der Waals surface area (Å²) >= 11 is 0. The van der Waals surface area contributed by atoms with E-state index in [9.17, 15) is 35.4 Å². The molecule has 19 heteroatoms. The number of nitrogen functional groups attached to an aromatic ring is 2. The van der Waals surface area contributed by atoms with Gasteiger partial charge in [-0.1, -0.05) is 0 Å². The number of carbonyl (C=O) groups is 1. The number of carbonyl (C=O) groups excluding carboxylic acids is 1. The number of hydrogen-bond donors (Lipinski definition) is 9. The minimum atomic E-state index is -1.71. The van der Waals surface area contributed by atoms with E-state index in [-0.39, 0.29) is 34.1 Å². The van der Waals surface area contributed by atoms with Crippen molar-refractivity contribution in [3.8, 4) is 0 Å². The third kappa shape index (κ3) is 4.98. The summed E-state index contributed by atoms with van der Waals surface area (Å²) < 4.78 is 13.7. The number of anilines is 2. The van der Waals surface area contributed by atoms with Gasteiger partial charge in [-0.05, 0) is 26.0 Å². The number of fused-ring (bicyclic) bond motifs is 2. The topological polar surface area (TPSA) is 300 Å². The lowest BCUT2D eigenvalue weighted by atomic mass is 9.91. The molecule has 45 heavy (non-hydrogen) atoms. The highest BCUT2D eigenvalue weighted by atomic mass is 16.6. The highest BCUT2D eigenvalue weighted by Gasteiger charge is 2.54. The van der Waals surface area contributed by atoms with Crippen molar-refractivity contribution in [2.45, 2.75) is 61.7 Å². The van der Waals surface area contributed by atoms with Gasteiger partial charge >= 0.3 is 0 Å². The summed E-state index contributed by atoms with van der Waals surface area (Å²) in [5, 5.41) is 67.8. The zero-order valence-corrected chi connectivity index (χ0v) is 24.0. The van der Waals surface area contributed by atoms with E-state index in [1.54, 1.807) is 0 Å². The maximum absolute atomic E-state index is 11.6. The number of aliphatic hydroxyl groups excluding tert-OH is 4. The Kier molecular flexibility index (Phi) is 8.11. The number of primary amides is 1. The van der Waals surface area contributed by atoms with E-state index in [0.717, 1.165) is 0 Å². The van der Waals surface area contributed by atoms with Crippen LogP contribution in [0.4, 0.5) is 17.3 Å². The SMILES string of the molecule is C[C@@]1(O)[C@H](O)[C@@H](CO)O[C@H]1c1cc(C(N)=O)c2c(N)ncnn12.[C-]#[N+]c1cc([C@@H]2O[C@H](CO)[C@@H](O)[C@@]2(C)O)n2ncnc(N)c12. The fourth-order valence-electron chi connectivity index (χ4n) is 5.67. The largest absolute Gasteiger partial charge is 0.394 e. The van der Waals surface area contributed by atoms with Crippen LogP contribution in [0.2, 0.25) is 0 Å². The first-order valence-electron chi connectivity index (χ1n) is 13.5. The van der Waals surface area contributed by atoms with E-state index in [0.29, 0.717) is 11.2 Å². The molecule has 4 aromatic rings. The summed E-state index contributed by atoms with van der Waals surface area (Å²) in [6.07, 6.45) is -4.12. The number of aliphatic hydroxyl groups is 6. The second-order valence-corrected chi connectivity index (χ2v) is 11.0. The Labute approximate surface area is 253 Å². The number of aromatic nitrogens is 6. The van der Waals surface area contributed by atoms with Gasteiger partial charge in [0.1, 0.15) is 77.3 Å². The molecule has 0 aromatic carbocycles. The minimum absolute atomic E-state index is 0.0388. The number of hydrogen-bond acceptors (Lipinski definition) is 15. The summed E-state index contributed by atoms with van der Waals surface area (Å²) in [5.41, 5.74) is 15.0. The standard InChI is InChI=1S/C13H17N5O5.C13H15N5O4/c1-13(22)9(20)7(3-19)23-10(13)6-2-5(12(15)21)8-11(14)16-4-17-18(6)8;1-13(21)10(20)8(4-19)22-11(13)7-3-6(15-2)9-12(14)16-5-17-18(7)9/h2,4,7,9-10,19-20,22H,3H2,1H3,(H2,15,21)(H2,14,16,17);3,5,8,10-11,19-21H,4H2,1H3,(H2,14,16,17)/t7-,9-,10+,13-;8-,10-,11+,13-/m11/s1. The van der Waals surface area contributed by atoms with Crippen molar-refractivity contribution in [3.05, 3.63) is 53.2 Å². The van der Waals surface area contributed by atoms with Crippen molar-refractivity contribution in [1.29, 1.82) is 0 Å². The van der Waals surface area contributed by atoms with Gasteiger partial charge < -0.3 is 57.3 Å². The molecule has 0 unspecified atom stereocenters. The monoisotopic (exact) mass is 628 g/mol. The van der Waals surface area contributed by atoms with Crippen LogP contribution >= 0.6 is 0 Å². The Balaban J connectivity index is 0.000000178. The van der Waals surface area contributed by atoms with Gasteiger partial charge in [-0.25, -0.2) is 23.8 Å². The second kappa shape index (κ2) is 11.4. The molecule has 0 aliphatic carbocycles. The van der Waals surface area contributed by atoms with Gasteiger partial charge in [0.25, 0.3) is 5.91 Å². The van der Waals surface area contributed by atoms with Gasteiger partial charge in [0.05, 0.1) is 36.7 Å². The normalized spacial score (nSPS) is 31.2. The highest BCUT2D eigenvalue weighted by Crippen LogP contribution is 2.44. The quantitative estimate of drug-likeness (QED) is 0.102. The van der Waals surface area contributed by atoms with Crippen LogP contribution < -0.4 is 17.2 Å². The van der Waals surface area contributed by atoms with Crippen LogP contribution in [0, 0.1) is 6.57 Å². The van der Waals surface area contributed by atoms with Crippen molar-refractivity contribution >= 4 is 34.3 Å². The summed E-state index contributed by atoms with van der Waals surface area (Å²) in [4.78, 5) is 22.7. The average molecular weight is 629 g/mol. The van der Waals surface area contributed by atoms with Crippen LogP contribution in [-0.2, 0) is 9.47 Å². The molecule has 2 saturated heterocycles. The summed E-state index contributed by atoms with van der Waals surface area (Å²) in [6.45, 7) is 9.08. The Morgan fingerprint density at radius 3 is 1.78 bits per heavy atom. The molecule has 19 nitrogen and oxygen atoms in total. The lowest BCUT2D eigenvalue weighted by Crippen LogP contribution is -2.43. The minimum Gasteiger partial charge on any atom is -0.394 e. The van der Waals surface area contributed by atoms with E-state index in [1.165, 1.54) is 47.7 Å². The molecule has 2 aliphatic heterocycles. The summed E-state index contributed by atoms with van der Waals surface area (Å²) in [6, 6.07) is 2.87. The van der Waals surface area contributed by atoms with Crippen molar-refractivity contribution in [3.63, 3.8) is 0 Å². The predicted molar refractivity (Wildman–Crippen MR) is 152 cm³/mol. The zero-order valence-electron chi connectivity index (χ0n) is 24.0. The molecule has 2 fully saturated rings. The number of nitrogens with two attached hydrogens (primary N) is 3. The Hall–Kier alpha value is -4.52. The molecule has 8 atom stereocenters. The van der Waals surface area contributed by atoms with Gasteiger partial charge in [0.15, 0.2) is 5.82 Å². The summed E-state index contributed by atoms with van der Waals surface area (Å²) in [7, 11) is 0. The van der Waals surface area contributed by atoms with Crippen LogP contribution in [0.3, 0.4) is 0 Å². The Morgan fingerprint density at radius 2 is 1.36 bits per heavy atom. The van der Waals surface area contributed by atoms with Crippen LogP contribution in [-0.4, -0.2) is 115 Å². The predicted octanol–water partition coefficient (Wildman–Crippen LogP) is -2.64. The zero-order chi connectivity index (χ0) is 33.0. The van der Waals surface area contributed by atoms with E-state index in [4.69, 9.17) is 33.2 Å². The van der Waals surface area contributed by atoms with Crippen molar-refractivity contribution in [1.82, 2.24) is 29.2 Å². The summed E-state index contributed by atoms with van der Waals surface area (Å²) in [5.74, 6) is -0.576. The first-order chi connectivity index (χ1) is 21.2. The molecular formula is C26H32N10O9. The molecule has 6 heterocycles. The van der Waals surface area contributed by atoms with E-state index in [1.807, 2.05) is 0 Å². The molecule has 0 bridgehead atoms. The molecule has 2 aliphatic rings. The van der Waals surface area contributed by atoms with E-state index < -0.39 is 66.9 Å². The molecule has 0 radical (unpaired) electrons. The molecule has 12 N–H and O–H groups in total. The molecule has 6 rings (SSSR count). The second-order valence-electron chi connectivity index (χ2n) is 11.0. The van der Waals surface area contributed by atoms with Gasteiger partial charge in [-0.3, -0.25) is 4.79 Å².